The molecule has 1 atom stereocenters. The smallest absolute Gasteiger partial charge is 0.213 e. The largest absolute Gasteiger partial charge is 0.492 e. The zero-order valence-corrected chi connectivity index (χ0v) is 11.6. The topological polar surface area (TPSA) is 78.1 Å². The Morgan fingerprint density at radius 2 is 2.32 bits per heavy atom. The molecule has 0 saturated carbocycles. The molecule has 0 fully saturated rings. The molecular formula is C13H15N3O2S. The van der Waals surface area contributed by atoms with Crippen molar-refractivity contribution in [1.29, 1.82) is 0 Å². The summed E-state index contributed by atoms with van der Waals surface area (Å²) in [5.74, 6) is 0.410. The molecule has 0 bridgehead atoms. The Kier molecular flexibility index (Phi) is 4.24. The first-order valence-electron chi connectivity index (χ1n) is 5.95. The summed E-state index contributed by atoms with van der Waals surface area (Å²) >= 11 is 1.39. The predicted octanol–water partition coefficient (Wildman–Crippen LogP) is 2.19. The third kappa shape index (κ3) is 3.15. The number of aromatic nitrogens is 2. The highest BCUT2D eigenvalue weighted by Gasteiger charge is 2.15. The fraction of sp³-hybridized carbons (Fsp3) is 0.308. The fourth-order valence-electron chi connectivity index (χ4n) is 1.54. The summed E-state index contributed by atoms with van der Waals surface area (Å²) in [5, 5.41) is 2.46. The number of hydrogen-bond donors (Lipinski definition) is 1. The first-order valence-corrected chi connectivity index (χ1v) is 6.83. The van der Waals surface area contributed by atoms with E-state index in [1.807, 2.05) is 13.8 Å². The van der Waals surface area contributed by atoms with Crippen LogP contribution in [0.25, 0.3) is 0 Å². The van der Waals surface area contributed by atoms with Crippen molar-refractivity contribution < 1.29 is 9.53 Å². The molecule has 0 radical (unpaired) electrons. The van der Waals surface area contributed by atoms with Crippen molar-refractivity contribution in [2.24, 2.45) is 5.73 Å². The lowest BCUT2D eigenvalue weighted by molar-refractivity contribution is 0.103. The van der Waals surface area contributed by atoms with Gasteiger partial charge in [0.05, 0.1) is 18.8 Å². The summed E-state index contributed by atoms with van der Waals surface area (Å²) in [6, 6.07) is 1.50. The van der Waals surface area contributed by atoms with Gasteiger partial charge in [0.15, 0.2) is 0 Å². The number of ether oxygens (including phenoxy) is 1. The monoisotopic (exact) mass is 277 g/mol. The Balaban J connectivity index is 2.25. The summed E-state index contributed by atoms with van der Waals surface area (Å²) in [7, 11) is 0. The highest BCUT2D eigenvalue weighted by atomic mass is 32.1. The standard InChI is InChI=1S/C13H15N3O2S/c1-3-18-10-4-9(5-15-6-10)12(17)11-7-19-13(16-11)8(2)14/h4-8H,3,14H2,1-2H3. The van der Waals surface area contributed by atoms with E-state index < -0.39 is 0 Å². The molecule has 1 unspecified atom stereocenters. The van der Waals surface area contributed by atoms with Crippen LogP contribution in [0.15, 0.2) is 23.8 Å². The molecule has 0 aromatic carbocycles. The molecule has 0 spiro atoms. The average molecular weight is 277 g/mol. The van der Waals surface area contributed by atoms with Crippen LogP contribution >= 0.6 is 11.3 Å². The van der Waals surface area contributed by atoms with Crippen LogP contribution in [-0.4, -0.2) is 22.4 Å². The molecule has 6 heteroatoms. The molecule has 19 heavy (non-hydrogen) atoms. The van der Waals surface area contributed by atoms with Crippen LogP contribution in [0.3, 0.4) is 0 Å². The highest BCUT2D eigenvalue weighted by Crippen LogP contribution is 2.19. The van der Waals surface area contributed by atoms with Crippen molar-refractivity contribution in [3.05, 3.63) is 40.1 Å². The van der Waals surface area contributed by atoms with Gasteiger partial charge in [-0.25, -0.2) is 4.98 Å². The van der Waals surface area contributed by atoms with Gasteiger partial charge in [0, 0.05) is 17.1 Å². The Bertz CT molecular complexity index is 581. The number of thiazole rings is 1. The van der Waals surface area contributed by atoms with E-state index in [9.17, 15) is 4.79 Å². The van der Waals surface area contributed by atoms with Crippen LogP contribution in [-0.2, 0) is 0 Å². The van der Waals surface area contributed by atoms with Crippen LogP contribution in [0.5, 0.6) is 5.75 Å². The summed E-state index contributed by atoms with van der Waals surface area (Å²) < 4.78 is 5.32. The van der Waals surface area contributed by atoms with Gasteiger partial charge in [0.1, 0.15) is 16.5 Å². The second kappa shape index (κ2) is 5.90. The number of nitrogens with two attached hydrogens (primary N) is 1. The molecule has 2 heterocycles. The Labute approximate surface area is 115 Å². The highest BCUT2D eigenvalue weighted by molar-refractivity contribution is 7.09. The number of carbonyl (C=O) groups is 1. The molecular weight excluding hydrogens is 262 g/mol. The number of pyridine rings is 1. The van der Waals surface area contributed by atoms with Crippen molar-refractivity contribution >= 4 is 17.1 Å². The maximum atomic E-state index is 12.2. The van der Waals surface area contributed by atoms with Crippen molar-refractivity contribution in [3.8, 4) is 5.75 Å². The van der Waals surface area contributed by atoms with E-state index in [2.05, 4.69) is 9.97 Å². The van der Waals surface area contributed by atoms with Gasteiger partial charge in [0.25, 0.3) is 0 Å². The maximum absolute atomic E-state index is 12.2. The fourth-order valence-corrected chi connectivity index (χ4v) is 2.30. The van der Waals surface area contributed by atoms with Crippen molar-refractivity contribution in [2.45, 2.75) is 19.9 Å². The van der Waals surface area contributed by atoms with E-state index in [0.717, 1.165) is 5.01 Å². The van der Waals surface area contributed by atoms with E-state index in [-0.39, 0.29) is 11.8 Å². The molecule has 0 aliphatic rings. The molecule has 0 amide bonds. The average Bonchev–Trinajstić information content (AvgIpc) is 2.88. The number of nitrogens with zero attached hydrogens (tertiary/aromatic N) is 2. The lowest BCUT2D eigenvalue weighted by Crippen LogP contribution is -2.07. The molecule has 2 N–H and O–H groups in total. The zero-order valence-electron chi connectivity index (χ0n) is 10.8. The van der Waals surface area contributed by atoms with Crippen LogP contribution in [0, 0.1) is 0 Å². The van der Waals surface area contributed by atoms with Gasteiger partial charge in [-0.15, -0.1) is 11.3 Å². The van der Waals surface area contributed by atoms with Crippen LogP contribution in [0.1, 0.15) is 40.9 Å². The van der Waals surface area contributed by atoms with Gasteiger partial charge in [-0.1, -0.05) is 0 Å². The zero-order chi connectivity index (χ0) is 13.8. The SMILES string of the molecule is CCOc1cncc(C(=O)c2csc(C(C)N)n2)c1. The third-order valence-electron chi connectivity index (χ3n) is 2.43. The minimum atomic E-state index is -0.169. The second-order valence-corrected chi connectivity index (χ2v) is 4.92. The normalized spacial score (nSPS) is 12.2. The Morgan fingerprint density at radius 3 is 2.95 bits per heavy atom. The van der Waals surface area contributed by atoms with Gasteiger partial charge in [-0.3, -0.25) is 9.78 Å². The van der Waals surface area contributed by atoms with E-state index in [0.29, 0.717) is 23.6 Å². The van der Waals surface area contributed by atoms with E-state index in [1.165, 1.54) is 17.5 Å². The van der Waals surface area contributed by atoms with Gasteiger partial charge in [0.2, 0.25) is 5.78 Å². The number of carbonyl (C=O) groups excluding carboxylic acids is 1. The number of rotatable bonds is 5. The Morgan fingerprint density at radius 1 is 1.53 bits per heavy atom. The number of ketones is 1. The maximum Gasteiger partial charge on any atom is 0.213 e. The molecule has 0 aliphatic heterocycles. The molecule has 100 valence electrons. The Hall–Kier alpha value is -1.79. The van der Waals surface area contributed by atoms with Gasteiger partial charge >= 0.3 is 0 Å². The summed E-state index contributed by atoms with van der Waals surface area (Å²) in [4.78, 5) is 20.5. The van der Waals surface area contributed by atoms with Crippen LogP contribution in [0.4, 0.5) is 0 Å². The van der Waals surface area contributed by atoms with E-state index in [4.69, 9.17) is 10.5 Å². The van der Waals surface area contributed by atoms with Crippen molar-refractivity contribution in [3.63, 3.8) is 0 Å². The van der Waals surface area contributed by atoms with E-state index in [1.54, 1.807) is 17.6 Å². The quantitative estimate of drug-likeness (QED) is 0.847. The molecule has 5 nitrogen and oxygen atoms in total. The van der Waals surface area contributed by atoms with E-state index >= 15 is 0 Å². The second-order valence-electron chi connectivity index (χ2n) is 4.03. The van der Waals surface area contributed by atoms with Gasteiger partial charge in [-0.2, -0.15) is 0 Å². The van der Waals surface area contributed by atoms with Crippen molar-refractivity contribution in [1.82, 2.24) is 9.97 Å². The minimum absolute atomic E-state index is 0.167. The molecule has 2 aromatic rings. The molecule has 2 rings (SSSR count). The van der Waals surface area contributed by atoms with Gasteiger partial charge < -0.3 is 10.5 Å². The minimum Gasteiger partial charge on any atom is -0.492 e. The lowest BCUT2D eigenvalue weighted by Gasteiger charge is -2.03. The molecule has 0 aliphatic carbocycles. The van der Waals surface area contributed by atoms with Crippen LogP contribution < -0.4 is 10.5 Å². The molecule has 2 aromatic heterocycles. The van der Waals surface area contributed by atoms with Crippen LogP contribution in [0.2, 0.25) is 0 Å². The van der Waals surface area contributed by atoms with Crippen molar-refractivity contribution in [2.75, 3.05) is 6.61 Å². The molecule has 0 saturated heterocycles. The third-order valence-corrected chi connectivity index (χ3v) is 3.48. The predicted molar refractivity (Wildman–Crippen MR) is 73.6 cm³/mol. The lowest BCUT2D eigenvalue weighted by atomic mass is 10.1. The number of hydrogen-bond acceptors (Lipinski definition) is 6. The summed E-state index contributed by atoms with van der Waals surface area (Å²) in [5.41, 5.74) is 6.60. The first kappa shape index (κ1) is 13.6. The first-order chi connectivity index (χ1) is 9.11. The van der Waals surface area contributed by atoms with Gasteiger partial charge in [-0.05, 0) is 19.9 Å². The summed E-state index contributed by atoms with van der Waals surface area (Å²) in [6.45, 7) is 4.25. The summed E-state index contributed by atoms with van der Waals surface area (Å²) in [6.07, 6.45) is 3.09.